The molecule has 0 saturated carbocycles. The number of phenolic OH excluding ortho intramolecular Hbond substituents is 1. The second-order valence-electron chi connectivity index (χ2n) is 7.26. The molecule has 1 aliphatic rings. The lowest BCUT2D eigenvalue weighted by atomic mass is 9.98. The van der Waals surface area contributed by atoms with Crippen LogP contribution in [-0.4, -0.2) is 24.4 Å². The molecule has 0 radical (unpaired) electrons. The van der Waals surface area contributed by atoms with Crippen molar-refractivity contribution in [2.45, 2.75) is 12.3 Å². The van der Waals surface area contributed by atoms with Crippen LogP contribution in [0.5, 0.6) is 5.75 Å². The van der Waals surface area contributed by atoms with E-state index in [-0.39, 0.29) is 11.7 Å². The van der Waals surface area contributed by atoms with E-state index in [1.807, 2.05) is 30.3 Å². The molecule has 0 unspecified atom stereocenters. The third-order valence-corrected chi connectivity index (χ3v) is 5.27. The summed E-state index contributed by atoms with van der Waals surface area (Å²) in [5.41, 5.74) is 11.8. The van der Waals surface area contributed by atoms with E-state index in [9.17, 15) is 9.90 Å². The Bertz CT molecular complexity index is 1050. The highest BCUT2D eigenvalue weighted by Crippen LogP contribution is 2.44. The molecule has 4 rings (SSSR count). The normalized spacial score (nSPS) is 12.5. The first-order valence-electron chi connectivity index (χ1n) is 9.97. The summed E-state index contributed by atoms with van der Waals surface area (Å²) < 4.78 is 5.51. The van der Waals surface area contributed by atoms with E-state index in [0.717, 1.165) is 0 Å². The number of amides is 1. The van der Waals surface area contributed by atoms with Crippen molar-refractivity contribution in [3.63, 3.8) is 0 Å². The number of nitrogens with two attached hydrogens (primary N) is 1. The molecule has 0 aliphatic heterocycles. The molecule has 30 heavy (non-hydrogen) atoms. The van der Waals surface area contributed by atoms with Crippen molar-refractivity contribution in [1.29, 1.82) is 0 Å². The highest BCUT2D eigenvalue weighted by Gasteiger charge is 2.28. The number of benzene rings is 3. The van der Waals surface area contributed by atoms with E-state index in [4.69, 9.17) is 10.5 Å². The number of carbonyl (C=O) groups excluding carboxylic acids is 1. The van der Waals surface area contributed by atoms with Crippen LogP contribution in [-0.2, 0) is 4.74 Å². The predicted molar refractivity (Wildman–Crippen MR) is 119 cm³/mol. The maximum absolute atomic E-state index is 12.1. The van der Waals surface area contributed by atoms with Gasteiger partial charge in [0.25, 0.3) is 0 Å². The van der Waals surface area contributed by atoms with Crippen LogP contribution in [0.25, 0.3) is 17.2 Å². The minimum absolute atomic E-state index is 0.0505. The number of phenols is 1. The van der Waals surface area contributed by atoms with Gasteiger partial charge in [-0.25, -0.2) is 4.79 Å². The highest BCUT2D eigenvalue weighted by atomic mass is 16.5. The summed E-state index contributed by atoms with van der Waals surface area (Å²) in [5.74, 6) is 0.222. The van der Waals surface area contributed by atoms with Gasteiger partial charge in [0, 0.05) is 23.7 Å². The van der Waals surface area contributed by atoms with Gasteiger partial charge in [0.05, 0.1) is 0 Å². The van der Waals surface area contributed by atoms with Gasteiger partial charge in [0.15, 0.2) is 0 Å². The lowest BCUT2D eigenvalue weighted by molar-refractivity contribution is 0.143. The topological polar surface area (TPSA) is 84.6 Å². The van der Waals surface area contributed by atoms with Crippen LogP contribution in [0.2, 0.25) is 0 Å². The monoisotopic (exact) mass is 400 g/mol. The standard InChI is InChI=1S/C25H24N2O3/c26-18-12-13-24(28)17(15-18)7-5-6-14-27-25(29)30-16-23-21-10-3-1-8-19(21)20-9-2-4-11-22(20)23/h1-5,7-13,15,23,28H,6,14,16,26H2,(H,27,29). The highest BCUT2D eigenvalue weighted by molar-refractivity contribution is 5.79. The summed E-state index contributed by atoms with van der Waals surface area (Å²) in [6, 6.07) is 21.4. The lowest BCUT2D eigenvalue weighted by Crippen LogP contribution is -2.26. The molecular formula is C25H24N2O3. The summed E-state index contributed by atoms with van der Waals surface area (Å²) in [6.07, 6.45) is 3.83. The minimum Gasteiger partial charge on any atom is -0.507 e. The first kappa shape index (κ1) is 19.6. The summed E-state index contributed by atoms with van der Waals surface area (Å²) in [7, 11) is 0. The number of hydrogen-bond donors (Lipinski definition) is 3. The third kappa shape index (κ3) is 4.15. The van der Waals surface area contributed by atoms with E-state index < -0.39 is 6.09 Å². The van der Waals surface area contributed by atoms with Crippen LogP contribution < -0.4 is 11.1 Å². The van der Waals surface area contributed by atoms with Crippen LogP contribution in [0.4, 0.5) is 10.5 Å². The number of rotatable bonds is 6. The van der Waals surface area contributed by atoms with Crippen LogP contribution >= 0.6 is 0 Å². The van der Waals surface area contributed by atoms with Crippen molar-refractivity contribution in [3.8, 4) is 16.9 Å². The largest absolute Gasteiger partial charge is 0.507 e. The molecule has 1 amide bonds. The Morgan fingerprint density at radius 2 is 1.70 bits per heavy atom. The van der Waals surface area contributed by atoms with Crippen LogP contribution in [0.1, 0.15) is 29.0 Å². The minimum atomic E-state index is -0.433. The van der Waals surface area contributed by atoms with E-state index in [0.29, 0.717) is 30.8 Å². The molecule has 5 nitrogen and oxygen atoms in total. The number of hydrogen-bond acceptors (Lipinski definition) is 4. The first-order chi connectivity index (χ1) is 14.6. The number of carbonyl (C=O) groups is 1. The molecule has 3 aromatic rings. The second-order valence-corrected chi connectivity index (χ2v) is 7.26. The summed E-state index contributed by atoms with van der Waals surface area (Å²) in [6.45, 7) is 0.739. The Balaban J connectivity index is 1.28. The molecule has 1 aliphatic carbocycles. The maximum atomic E-state index is 12.1. The average Bonchev–Trinajstić information content (AvgIpc) is 3.08. The Kier molecular flexibility index (Phi) is 5.70. The fourth-order valence-corrected chi connectivity index (χ4v) is 3.82. The van der Waals surface area contributed by atoms with E-state index in [1.165, 1.54) is 22.3 Å². The number of anilines is 1. The Labute approximate surface area is 175 Å². The predicted octanol–water partition coefficient (Wildman–Crippen LogP) is 4.92. The molecule has 0 spiro atoms. The number of ether oxygens (including phenoxy) is 1. The molecule has 0 heterocycles. The zero-order chi connectivity index (χ0) is 20.9. The molecule has 4 N–H and O–H groups in total. The van der Waals surface area contributed by atoms with Crippen LogP contribution in [0.15, 0.2) is 72.8 Å². The quantitative estimate of drug-likeness (QED) is 0.312. The second kappa shape index (κ2) is 8.74. The number of aromatic hydroxyl groups is 1. The van der Waals surface area contributed by atoms with E-state index in [1.54, 1.807) is 24.3 Å². The zero-order valence-electron chi connectivity index (χ0n) is 16.5. The molecular weight excluding hydrogens is 376 g/mol. The molecule has 0 atom stereocenters. The molecule has 152 valence electrons. The zero-order valence-corrected chi connectivity index (χ0v) is 16.5. The number of nitrogen functional groups attached to an aromatic ring is 1. The summed E-state index contributed by atoms with van der Waals surface area (Å²) in [4.78, 5) is 12.1. The van der Waals surface area contributed by atoms with Crippen molar-refractivity contribution >= 4 is 17.9 Å². The van der Waals surface area contributed by atoms with Gasteiger partial charge in [0.1, 0.15) is 12.4 Å². The van der Waals surface area contributed by atoms with Crippen molar-refractivity contribution in [3.05, 3.63) is 89.5 Å². The molecule has 0 bridgehead atoms. The summed E-state index contributed by atoms with van der Waals surface area (Å²) >= 11 is 0. The lowest BCUT2D eigenvalue weighted by Gasteiger charge is -2.14. The molecule has 0 fully saturated rings. The van der Waals surface area contributed by atoms with Crippen LogP contribution in [0, 0.1) is 0 Å². The molecule has 5 heteroatoms. The van der Waals surface area contributed by atoms with Crippen molar-refractivity contribution in [1.82, 2.24) is 5.32 Å². The fraction of sp³-hybridized carbons (Fsp3) is 0.160. The number of fused-ring (bicyclic) bond motifs is 3. The first-order valence-corrected chi connectivity index (χ1v) is 9.97. The van der Waals surface area contributed by atoms with Crippen molar-refractivity contribution in [2.24, 2.45) is 0 Å². The van der Waals surface area contributed by atoms with Crippen LogP contribution in [0.3, 0.4) is 0 Å². The van der Waals surface area contributed by atoms with E-state index in [2.05, 4.69) is 29.6 Å². The third-order valence-electron chi connectivity index (χ3n) is 5.27. The van der Waals surface area contributed by atoms with Crippen molar-refractivity contribution in [2.75, 3.05) is 18.9 Å². The smallest absolute Gasteiger partial charge is 0.407 e. The average molecular weight is 400 g/mol. The van der Waals surface area contributed by atoms with Gasteiger partial charge in [-0.05, 0) is 46.9 Å². The fourth-order valence-electron chi connectivity index (χ4n) is 3.82. The Morgan fingerprint density at radius 1 is 1.03 bits per heavy atom. The number of nitrogens with one attached hydrogen (secondary N) is 1. The SMILES string of the molecule is Nc1ccc(O)c(C=CCCNC(=O)OCC2c3ccccc3-c3ccccc32)c1. The maximum Gasteiger partial charge on any atom is 0.407 e. The summed E-state index contributed by atoms with van der Waals surface area (Å²) in [5, 5.41) is 12.6. The van der Waals surface area contributed by atoms with Crippen molar-refractivity contribution < 1.29 is 14.6 Å². The van der Waals surface area contributed by atoms with Gasteiger partial charge >= 0.3 is 6.09 Å². The Morgan fingerprint density at radius 3 is 2.40 bits per heavy atom. The van der Waals surface area contributed by atoms with Gasteiger partial charge in [-0.15, -0.1) is 0 Å². The van der Waals surface area contributed by atoms with Gasteiger partial charge in [-0.1, -0.05) is 60.7 Å². The van der Waals surface area contributed by atoms with Gasteiger partial charge in [-0.3, -0.25) is 0 Å². The molecule has 3 aromatic carbocycles. The molecule has 0 saturated heterocycles. The van der Waals surface area contributed by atoms with Gasteiger partial charge in [0.2, 0.25) is 0 Å². The van der Waals surface area contributed by atoms with E-state index >= 15 is 0 Å². The Hall–Kier alpha value is -3.73. The van der Waals surface area contributed by atoms with Gasteiger partial charge < -0.3 is 20.9 Å². The molecule has 0 aromatic heterocycles. The van der Waals surface area contributed by atoms with Gasteiger partial charge in [-0.2, -0.15) is 0 Å². The number of alkyl carbamates (subject to hydrolysis) is 1.